The Hall–Kier alpha value is -3.22. The van der Waals surface area contributed by atoms with Gasteiger partial charge in [0.15, 0.2) is 0 Å². The third kappa shape index (κ3) is 7.64. The molecule has 0 aliphatic rings. The van der Waals surface area contributed by atoms with Gasteiger partial charge in [-0.25, -0.2) is 5.43 Å². The van der Waals surface area contributed by atoms with Crippen molar-refractivity contribution in [1.29, 1.82) is 0 Å². The summed E-state index contributed by atoms with van der Waals surface area (Å²) in [5.41, 5.74) is 6.17. The maximum absolute atomic E-state index is 12.2. The molecule has 2 aromatic carbocycles. The summed E-state index contributed by atoms with van der Waals surface area (Å²) in [5.74, 6) is 0.639. The summed E-state index contributed by atoms with van der Waals surface area (Å²) in [6.45, 7) is 15.5. The number of amides is 1. The van der Waals surface area contributed by atoms with Gasteiger partial charge in [0.05, 0.1) is 17.2 Å². The summed E-state index contributed by atoms with van der Waals surface area (Å²) in [6.07, 6.45) is 2.85. The van der Waals surface area contributed by atoms with Gasteiger partial charge >= 0.3 is 0 Å². The van der Waals surface area contributed by atoms with Crippen LogP contribution in [0.5, 0.6) is 5.75 Å². The first-order valence-electron chi connectivity index (χ1n) is 12.3. The molecule has 2 rings (SSSR count). The van der Waals surface area contributed by atoms with Crippen LogP contribution in [0.25, 0.3) is 0 Å². The number of non-ortho nitro benzene ring substituents is 1. The standard InChI is InChI=1S/C28H39N3O4/c1-8-27(4,5)22-15-16-25(24(19-22)28(6,7)9-2)35-17-11-14-26(32)30-29-20(3)21-12-10-13-23(18-21)31(33)34/h10,12-13,15-16,18-19H,8-9,11,14,17H2,1-7H3,(H,30,32)/b29-20-. The van der Waals surface area contributed by atoms with Crippen molar-refractivity contribution in [1.82, 2.24) is 5.43 Å². The van der Waals surface area contributed by atoms with Gasteiger partial charge in [-0.2, -0.15) is 5.10 Å². The molecule has 1 N–H and O–H groups in total. The highest BCUT2D eigenvalue weighted by Gasteiger charge is 2.26. The molecule has 35 heavy (non-hydrogen) atoms. The quantitative estimate of drug-likeness (QED) is 0.158. The molecule has 0 spiro atoms. The summed E-state index contributed by atoms with van der Waals surface area (Å²) in [6, 6.07) is 12.6. The number of carbonyl (C=O) groups excluding carboxylic acids is 1. The monoisotopic (exact) mass is 481 g/mol. The minimum Gasteiger partial charge on any atom is -0.493 e. The molecule has 1 amide bonds. The van der Waals surface area contributed by atoms with Crippen LogP contribution in [-0.2, 0) is 15.6 Å². The zero-order valence-corrected chi connectivity index (χ0v) is 22.1. The lowest BCUT2D eigenvalue weighted by Gasteiger charge is -2.30. The number of rotatable bonds is 12. The molecule has 7 nitrogen and oxygen atoms in total. The lowest BCUT2D eigenvalue weighted by Crippen LogP contribution is -2.22. The maximum atomic E-state index is 12.2. The summed E-state index contributed by atoms with van der Waals surface area (Å²) in [7, 11) is 0. The van der Waals surface area contributed by atoms with Crippen molar-refractivity contribution >= 4 is 17.3 Å². The number of carbonyl (C=O) groups is 1. The van der Waals surface area contributed by atoms with Crippen LogP contribution in [0.3, 0.4) is 0 Å². The number of hydrazone groups is 1. The van der Waals surface area contributed by atoms with Crippen molar-refractivity contribution in [2.45, 2.75) is 85.0 Å². The largest absolute Gasteiger partial charge is 0.493 e. The summed E-state index contributed by atoms with van der Waals surface area (Å²) >= 11 is 0. The van der Waals surface area contributed by atoms with E-state index in [2.05, 4.69) is 70.3 Å². The van der Waals surface area contributed by atoms with E-state index in [-0.39, 0.29) is 28.8 Å². The van der Waals surface area contributed by atoms with Crippen molar-refractivity contribution in [3.63, 3.8) is 0 Å². The topological polar surface area (TPSA) is 93.8 Å². The Morgan fingerprint density at radius 2 is 1.74 bits per heavy atom. The van der Waals surface area contributed by atoms with Gasteiger partial charge in [0.2, 0.25) is 5.91 Å². The maximum Gasteiger partial charge on any atom is 0.270 e. The van der Waals surface area contributed by atoms with Crippen LogP contribution in [0, 0.1) is 10.1 Å². The van der Waals surface area contributed by atoms with Crippen LogP contribution in [0.4, 0.5) is 5.69 Å². The molecular weight excluding hydrogens is 442 g/mol. The van der Waals surface area contributed by atoms with Crippen molar-refractivity contribution in [3.05, 3.63) is 69.3 Å². The first-order chi connectivity index (χ1) is 16.4. The molecule has 0 unspecified atom stereocenters. The molecule has 0 aliphatic heterocycles. The van der Waals surface area contributed by atoms with Crippen molar-refractivity contribution in [2.75, 3.05) is 6.61 Å². The molecule has 0 aromatic heterocycles. The van der Waals surface area contributed by atoms with Crippen LogP contribution >= 0.6 is 0 Å². The van der Waals surface area contributed by atoms with Gasteiger partial charge in [-0.1, -0.05) is 65.8 Å². The first kappa shape index (κ1) is 28.0. The van der Waals surface area contributed by atoms with Crippen molar-refractivity contribution < 1.29 is 14.5 Å². The van der Waals surface area contributed by atoms with E-state index < -0.39 is 4.92 Å². The Balaban J connectivity index is 1.97. The van der Waals surface area contributed by atoms with E-state index in [0.29, 0.717) is 24.3 Å². The zero-order valence-electron chi connectivity index (χ0n) is 22.1. The van der Waals surface area contributed by atoms with Gasteiger partial charge in [0.1, 0.15) is 5.75 Å². The Morgan fingerprint density at radius 3 is 2.37 bits per heavy atom. The summed E-state index contributed by atoms with van der Waals surface area (Å²) in [4.78, 5) is 22.7. The second-order valence-corrected chi connectivity index (χ2v) is 10.2. The second kappa shape index (κ2) is 12.0. The van der Waals surface area contributed by atoms with Crippen LogP contribution < -0.4 is 10.2 Å². The predicted octanol–water partition coefficient (Wildman–Crippen LogP) is 6.67. The average Bonchev–Trinajstić information content (AvgIpc) is 2.85. The number of benzene rings is 2. The molecule has 7 heteroatoms. The van der Waals surface area contributed by atoms with Gasteiger partial charge in [-0.15, -0.1) is 0 Å². The number of nitrogens with one attached hydrogen (secondary N) is 1. The Kier molecular flexibility index (Phi) is 9.57. The van der Waals surface area contributed by atoms with Crippen LogP contribution in [0.2, 0.25) is 0 Å². The third-order valence-electron chi connectivity index (χ3n) is 6.89. The van der Waals surface area contributed by atoms with E-state index in [4.69, 9.17) is 4.74 Å². The molecule has 190 valence electrons. The van der Waals surface area contributed by atoms with Gasteiger partial charge in [0, 0.05) is 29.7 Å². The van der Waals surface area contributed by atoms with Gasteiger partial charge in [-0.05, 0) is 48.6 Å². The minimum absolute atomic E-state index is 0.0163. The molecule has 0 atom stereocenters. The van der Waals surface area contributed by atoms with Crippen LogP contribution in [0.1, 0.15) is 90.8 Å². The highest BCUT2D eigenvalue weighted by Crippen LogP contribution is 2.38. The van der Waals surface area contributed by atoms with E-state index in [0.717, 1.165) is 18.6 Å². The highest BCUT2D eigenvalue weighted by atomic mass is 16.6. The Morgan fingerprint density at radius 1 is 1.06 bits per heavy atom. The average molecular weight is 482 g/mol. The fourth-order valence-corrected chi connectivity index (χ4v) is 3.53. The summed E-state index contributed by atoms with van der Waals surface area (Å²) in [5, 5.41) is 15.0. The second-order valence-electron chi connectivity index (χ2n) is 10.2. The van der Waals surface area contributed by atoms with Crippen molar-refractivity contribution in [3.8, 4) is 5.75 Å². The van der Waals surface area contributed by atoms with E-state index in [9.17, 15) is 14.9 Å². The normalized spacial score (nSPS) is 12.4. The Bertz CT molecular complexity index is 1070. The number of nitro groups is 1. The lowest BCUT2D eigenvalue weighted by atomic mass is 9.76. The van der Waals surface area contributed by atoms with Crippen LogP contribution in [0.15, 0.2) is 47.6 Å². The third-order valence-corrected chi connectivity index (χ3v) is 6.89. The van der Waals surface area contributed by atoms with E-state index in [1.165, 1.54) is 23.3 Å². The van der Waals surface area contributed by atoms with Gasteiger partial charge in [0.25, 0.3) is 5.69 Å². The van der Waals surface area contributed by atoms with Gasteiger partial charge in [-0.3, -0.25) is 14.9 Å². The molecule has 0 heterocycles. The minimum atomic E-state index is -0.458. The molecule has 0 bridgehead atoms. The number of nitrogens with zero attached hydrogens (tertiary/aromatic N) is 2. The van der Waals surface area contributed by atoms with Crippen LogP contribution in [-0.4, -0.2) is 23.1 Å². The zero-order chi connectivity index (χ0) is 26.2. The molecular formula is C28H39N3O4. The molecule has 0 aliphatic carbocycles. The lowest BCUT2D eigenvalue weighted by molar-refractivity contribution is -0.384. The fourth-order valence-electron chi connectivity index (χ4n) is 3.53. The number of ether oxygens (including phenoxy) is 1. The van der Waals surface area contributed by atoms with E-state index in [1.807, 2.05) is 0 Å². The molecule has 0 radical (unpaired) electrons. The SMILES string of the molecule is CCC(C)(C)c1ccc(OCCCC(=O)N/N=C(/C)c2cccc([N+](=O)[O-])c2)c(C(C)(C)CC)c1. The van der Waals surface area contributed by atoms with E-state index in [1.54, 1.807) is 19.1 Å². The fraction of sp³-hybridized carbons (Fsp3) is 0.500. The molecule has 0 fully saturated rings. The number of hydrogen-bond donors (Lipinski definition) is 1. The number of nitro benzene ring substituents is 1. The molecule has 0 saturated heterocycles. The number of hydrogen-bond acceptors (Lipinski definition) is 5. The summed E-state index contributed by atoms with van der Waals surface area (Å²) < 4.78 is 6.13. The molecule has 0 saturated carbocycles. The Labute approximate surface area is 209 Å². The molecule has 2 aromatic rings. The van der Waals surface area contributed by atoms with Crippen molar-refractivity contribution in [2.24, 2.45) is 5.10 Å². The highest BCUT2D eigenvalue weighted by molar-refractivity contribution is 5.99. The first-order valence-corrected chi connectivity index (χ1v) is 12.3. The smallest absolute Gasteiger partial charge is 0.270 e. The van der Waals surface area contributed by atoms with Gasteiger partial charge < -0.3 is 4.74 Å². The van der Waals surface area contributed by atoms with E-state index >= 15 is 0 Å². The predicted molar refractivity (Wildman–Crippen MR) is 141 cm³/mol.